The number of anilines is 1. The SMILES string of the molecule is CN(CC1CCCCC1)c1ccnc(CCl)c1. The van der Waals surface area contributed by atoms with Gasteiger partial charge in [-0.1, -0.05) is 19.3 Å². The summed E-state index contributed by atoms with van der Waals surface area (Å²) < 4.78 is 0. The lowest BCUT2D eigenvalue weighted by Gasteiger charge is -2.28. The highest BCUT2D eigenvalue weighted by molar-refractivity contribution is 6.16. The molecule has 0 saturated heterocycles. The lowest BCUT2D eigenvalue weighted by Crippen LogP contribution is -2.26. The summed E-state index contributed by atoms with van der Waals surface area (Å²) in [4.78, 5) is 6.57. The van der Waals surface area contributed by atoms with E-state index >= 15 is 0 Å². The standard InChI is InChI=1S/C14H21ClN2/c1-17(11-12-5-3-2-4-6-12)14-7-8-16-13(9-14)10-15/h7-9,12H,2-6,10-11H2,1H3. The van der Waals surface area contributed by atoms with Gasteiger partial charge in [0.25, 0.3) is 0 Å². The zero-order chi connectivity index (χ0) is 12.1. The third kappa shape index (κ3) is 3.60. The molecule has 1 aromatic heterocycles. The summed E-state index contributed by atoms with van der Waals surface area (Å²) in [5.74, 6) is 1.35. The lowest BCUT2D eigenvalue weighted by molar-refractivity contribution is 0.362. The molecule has 1 aromatic rings. The van der Waals surface area contributed by atoms with E-state index in [1.165, 1.54) is 37.8 Å². The molecule has 17 heavy (non-hydrogen) atoms. The Morgan fingerprint density at radius 2 is 2.12 bits per heavy atom. The second-order valence-electron chi connectivity index (χ2n) is 5.02. The molecule has 2 nitrogen and oxygen atoms in total. The minimum atomic E-state index is 0.491. The second kappa shape index (κ2) is 6.25. The van der Waals surface area contributed by atoms with Gasteiger partial charge in [0.05, 0.1) is 11.6 Å². The largest absolute Gasteiger partial charge is 0.374 e. The molecule has 94 valence electrons. The van der Waals surface area contributed by atoms with E-state index in [1.807, 2.05) is 6.20 Å². The molecule has 0 amide bonds. The van der Waals surface area contributed by atoms with Gasteiger partial charge in [-0.05, 0) is 30.9 Å². The van der Waals surface area contributed by atoms with Crippen LogP contribution in [0.3, 0.4) is 0 Å². The van der Waals surface area contributed by atoms with E-state index in [9.17, 15) is 0 Å². The van der Waals surface area contributed by atoms with Crippen molar-refractivity contribution in [3.05, 3.63) is 24.0 Å². The zero-order valence-corrected chi connectivity index (χ0v) is 11.3. The molecule has 0 aliphatic heterocycles. The third-order valence-electron chi connectivity index (χ3n) is 3.63. The number of halogens is 1. The van der Waals surface area contributed by atoms with E-state index in [-0.39, 0.29) is 0 Å². The fourth-order valence-corrected chi connectivity index (χ4v) is 2.78. The van der Waals surface area contributed by atoms with E-state index < -0.39 is 0 Å². The number of aromatic nitrogens is 1. The molecule has 0 radical (unpaired) electrons. The van der Waals surface area contributed by atoms with Crippen LogP contribution in [0.1, 0.15) is 37.8 Å². The van der Waals surface area contributed by atoms with Gasteiger partial charge in [-0.15, -0.1) is 11.6 Å². The van der Waals surface area contributed by atoms with Gasteiger partial charge < -0.3 is 4.90 Å². The number of nitrogens with zero attached hydrogens (tertiary/aromatic N) is 2. The van der Waals surface area contributed by atoms with Crippen molar-refractivity contribution in [2.24, 2.45) is 5.92 Å². The van der Waals surface area contributed by atoms with Crippen LogP contribution in [-0.4, -0.2) is 18.6 Å². The smallest absolute Gasteiger partial charge is 0.0648 e. The lowest BCUT2D eigenvalue weighted by atomic mass is 9.89. The topological polar surface area (TPSA) is 16.1 Å². The number of pyridine rings is 1. The minimum Gasteiger partial charge on any atom is -0.374 e. The predicted molar refractivity (Wildman–Crippen MR) is 73.6 cm³/mol. The van der Waals surface area contributed by atoms with Gasteiger partial charge in [0.2, 0.25) is 0 Å². The van der Waals surface area contributed by atoms with Gasteiger partial charge in [0.1, 0.15) is 0 Å². The molecule has 1 aliphatic rings. The van der Waals surface area contributed by atoms with Crippen molar-refractivity contribution in [3.63, 3.8) is 0 Å². The van der Waals surface area contributed by atoms with Crippen LogP contribution in [-0.2, 0) is 5.88 Å². The van der Waals surface area contributed by atoms with E-state index in [1.54, 1.807) is 0 Å². The Morgan fingerprint density at radius 3 is 2.82 bits per heavy atom. The summed E-state index contributed by atoms with van der Waals surface area (Å²) in [7, 11) is 2.17. The van der Waals surface area contributed by atoms with Gasteiger partial charge >= 0.3 is 0 Å². The van der Waals surface area contributed by atoms with Crippen LogP contribution in [0.15, 0.2) is 18.3 Å². The highest BCUT2D eigenvalue weighted by Gasteiger charge is 2.15. The Balaban J connectivity index is 1.95. The Hall–Kier alpha value is -0.760. The number of alkyl halides is 1. The summed E-state index contributed by atoms with van der Waals surface area (Å²) in [6, 6.07) is 4.16. The number of hydrogen-bond donors (Lipinski definition) is 0. The summed E-state index contributed by atoms with van der Waals surface area (Å²) in [6.45, 7) is 1.16. The molecule has 0 spiro atoms. The van der Waals surface area contributed by atoms with Crippen molar-refractivity contribution in [1.82, 2.24) is 4.98 Å². The number of rotatable bonds is 4. The van der Waals surface area contributed by atoms with E-state index in [4.69, 9.17) is 11.6 Å². The molecule has 1 aliphatic carbocycles. The van der Waals surface area contributed by atoms with Crippen LogP contribution < -0.4 is 4.90 Å². The maximum atomic E-state index is 5.81. The highest BCUT2D eigenvalue weighted by atomic mass is 35.5. The zero-order valence-electron chi connectivity index (χ0n) is 10.5. The summed E-state index contributed by atoms with van der Waals surface area (Å²) in [6.07, 6.45) is 8.86. The van der Waals surface area contributed by atoms with Gasteiger partial charge in [0, 0.05) is 25.5 Å². The van der Waals surface area contributed by atoms with Crippen molar-refractivity contribution < 1.29 is 0 Å². The van der Waals surface area contributed by atoms with Crippen molar-refractivity contribution in [3.8, 4) is 0 Å². The molecule has 0 aromatic carbocycles. The van der Waals surface area contributed by atoms with Crippen LogP contribution in [0.2, 0.25) is 0 Å². The molecule has 0 unspecified atom stereocenters. The summed E-state index contributed by atoms with van der Waals surface area (Å²) in [5, 5.41) is 0. The number of hydrogen-bond acceptors (Lipinski definition) is 2. The summed E-state index contributed by atoms with van der Waals surface area (Å²) >= 11 is 5.81. The monoisotopic (exact) mass is 252 g/mol. The molecule has 3 heteroatoms. The van der Waals surface area contributed by atoms with Crippen molar-refractivity contribution in [1.29, 1.82) is 0 Å². The maximum Gasteiger partial charge on any atom is 0.0648 e. The van der Waals surface area contributed by atoms with Crippen molar-refractivity contribution >= 4 is 17.3 Å². The Morgan fingerprint density at radius 1 is 1.35 bits per heavy atom. The van der Waals surface area contributed by atoms with Gasteiger partial charge in [-0.2, -0.15) is 0 Å². The van der Waals surface area contributed by atoms with E-state index in [0.717, 1.165) is 18.2 Å². The third-order valence-corrected chi connectivity index (χ3v) is 3.91. The maximum absolute atomic E-state index is 5.81. The molecule has 0 atom stereocenters. The van der Waals surface area contributed by atoms with E-state index in [0.29, 0.717) is 5.88 Å². The summed E-state index contributed by atoms with van der Waals surface area (Å²) in [5.41, 5.74) is 2.20. The van der Waals surface area contributed by atoms with Gasteiger partial charge in [-0.25, -0.2) is 0 Å². The first kappa shape index (κ1) is 12.7. The van der Waals surface area contributed by atoms with Gasteiger partial charge in [-0.3, -0.25) is 4.98 Å². The first-order valence-electron chi connectivity index (χ1n) is 6.51. The van der Waals surface area contributed by atoms with E-state index in [2.05, 4.69) is 29.1 Å². The molecule has 0 bridgehead atoms. The minimum absolute atomic E-state index is 0.491. The molecular weight excluding hydrogens is 232 g/mol. The quantitative estimate of drug-likeness (QED) is 0.757. The van der Waals surface area contributed by atoms with Crippen LogP contribution in [0.4, 0.5) is 5.69 Å². The molecule has 1 saturated carbocycles. The van der Waals surface area contributed by atoms with Crippen LogP contribution in [0, 0.1) is 5.92 Å². The Labute approximate surface area is 109 Å². The molecular formula is C14H21ClN2. The normalized spacial score (nSPS) is 17.1. The average molecular weight is 253 g/mol. The highest BCUT2D eigenvalue weighted by Crippen LogP contribution is 2.25. The van der Waals surface area contributed by atoms with Crippen LogP contribution >= 0.6 is 11.6 Å². The fraction of sp³-hybridized carbons (Fsp3) is 0.643. The Kier molecular flexibility index (Phi) is 4.66. The predicted octanol–water partition coefficient (Wildman–Crippen LogP) is 3.84. The molecule has 0 N–H and O–H groups in total. The molecule has 2 rings (SSSR count). The van der Waals surface area contributed by atoms with Crippen molar-refractivity contribution in [2.75, 3.05) is 18.5 Å². The van der Waals surface area contributed by atoms with Crippen molar-refractivity contribution in [2.45, 2.75) is 38.0 Å². The van der Waals surface area contributed by atoms with Crippen LogP contribution in [0.5, 0.6) is 0 Å². The first-order valence-corrected chi connectivity index (χ1v) is 7.05. The fourth-order valence-electron chi connectivity index (χ4n) is 2.64. The first-order chi connectivity index (χ1) is 8.29. The van der Waals surface area contributed by atoms with Gasteiger partial charge in [0.15, 0.2) is 0 Å². The average Bonchev–Trinajstić information content (AvgIpc) is 2.40. The Bertz CT molecular complexity index is 348. The second-order valence-corrected chi connectivity index (χ2v) is 5.29. The molecule has 1 heterocycles. The van der Waals surface area contributed by atoms with Crippen LogP contribution in [0.25, 0.3) is 0 Å². The molecule has 1 fully saturated rings.